The Labute approximate surface area is 163 Å². The second-order valence-corrected chi connectivity index (χ2v) is 15.3. The highest BCUT2D eigenvalue weighted by Crippen LogP contribution is 2.59. The molecule has 1 atom stereocenters. The van der Waals surface area contributed by atoms with E-state index in [0.717, 1.165) is 5.69 Å². The monoisotopic (exact) mass is 387 g/mol. The van der Waals surface area contributed by atoms with Gasteiger partial charge in [0.2, 0.25) is 0 Å². The zero-order valence-electron chi connectivity index (χ0n) is 17.3. The van der Waals surface area contributed by atoms with E-state index < -0.39 is 0 Å². The summed E-state index contributed by atoms with van der Waals surface area (Å²) >= 11 is 0. The third-order valence-electron chi connectivity index (χ3n) is 4.63. The molecular weight excluding hydrogens is 352 g/mol. The van der Waals surface area contributed by atoms with Crippen LogP contribution in [0.4, 0.5) is 5.69 Å². The highest BCUT2D eigenvalue weighted by molar-refractivity contribution is 7.73. The van der Waals surface area contributed by atoms with Crippen molar-refractivity contribution in [2.45, 2.75) is 58.3 Å². The van der Waals surface area contributed by atoms with Crippen molar-refractivity contribution >= 4 is 32.1 Å². The van der Waals surface area contributed by atoms with Crippen LogP contribution in [0.2, 0.25) is 0 Å². The van der Waals surface area contributed by atoms with E-state index in [2.05, 4.69) is 90.1 Å². The molecule has 0 fully saturated rings. The maximum absolute atomic E-state index is 6.08. The molecule has 0 aliphatic heterocycles. The first kappa shape index (κ1) is 21.4. The molecule has 2 N–H and O–H groups in total. The Morgan fingerprint density at radius 2 is 1.31 bits per heavy atom. The summed E-state index contributed by atoms with van der Waals surface area (Å²) in [5.74, 6) is 0. The van der Waals surface area contributed by atoms with Crippen LogP contribution < -0.4 is 16.3 Å². The minimum Gasteiger partial charge on any atom is -0.399 e. The summed E-state index contributed by atoms with van der Waals surface area (Å²) in [4.78, 5) is 0. The summed E-state index contributed by atoms with van der Waals surface area (Å²) in [6, 6.07) is 19.5. The van der Waals surface area contributed by atoms with Crippen LogP contribution in [-0.4, -0.2) is 22.6 Å². The average Bonchev–Trinajstić information content (AvgIpc) is 2.53. The fourth-order valence-corrected chi connectivity index (χ4v) is 10.2. The standard InChI is InChI=1S/C23H35NP2/c1-22(2,3)26(23(4,5)6)17-11-16-25(20-13-8-7-9-14-20)21-15-10-12-19(24)18-21/h7-10,12-15,18H,11,16-17,24H2,1-6H3. The zero-order valence-corrected chi connectivity index (χ0v) is 19.1. The quantitative estimate of drug-likeness (QED) is 0.465. The van der Waals surface area contributed by atoms with Gasteiger partial charge in [-0.3, -0.25) is 0 Å². The summed E-state index contributed by atoms with van der Waals surface area (Å²) in [6.07, 6.45) is 3.87. The average molecular weight is 387 g/mol. The number of benzene rings is 2. The maximum atomic E-state index is 6.08. The van der Waals surface area contributed by atoms with Gasteiger partial charge in [0.25, 0.3) is 0 Å². The number of nitrogens with two attached hydrogens (primary N) is 1. The first-order chi connectivity index (χ1) is 12.1. The molecule has 0 aliphatic carbocycles. The van der Waals surface area contributed by atoms with Crippen molar-refractivity contribution in [1.29, 1.82) is 0 Å². The molecule has 26 heavy (non-hydrogen) atoms. The van der Waals surface area contributed by atoms with Crippen LogP contribution in [0.5, 0.6) is 0 Å². The van der Waals surface area contributed by atoms with Gasteiger partial charge < -0.3 is 5.73 Å². The second-order valence-electron chi connectivity index (χ2n) is 8.93. The Morgan fingerprint density at radius 3 is 1.85 bits per heavy atom. The Morgan fingerprint density at radius 1 is 0.731 bits per heavy atom. The molecule has 1 unspecified atom stereocenters. The van der Waals surface area contributed by atoms with Gasteiger partial charge in [-0.2, -0.15) is 0 Å². The molecule has 0 heterocycles. The molecule has 1 nitrogen and oxygen atoms in total. The van der Waals surface area contributed by atoms with E-state index >= 15 is 0 Å². The molecule has 0 spiro atoms. The van der Waals surface area contributed by atoms with Gasteiger partial charge in [0, 0.05) is 5.69 Å². The SMILES string of the molecule is CC(C)(C)P(CCCP(c1ccccc1)c1cccc(N)c1)C(C)(C)C. The Hall–Kier alpha value is -0.900. The van der Waals surface area contributed by atoms with Crippen LogP contribution in [-0.2, 0) is 0 Å². The second kappa shape index (κ2) is 8.86. The molecule has 2 rings (SSSR count). The zero-order chi connectivity index (χ0) is 19.4. The van der Waals surface area contributed by atoms with Crippen molar-refractivity contribution in [3.63, 3.8) is 0 Å². The van der Waals surface area contributed by atoms with E-state index in [1.165, 1.54) is 29.4 Å². The minimum atomic E-state index is -0.339. The minimum absolute atomic E-state index is 0.0318. The van der Waals surface area contributed by atoms with Crippen LogP contribution in [0.25, 0.3) is 0 Å². The first-order valence-electron chi connectivity index (χ1n) is 9.55. The van der Waals surface area contributed by atoms with Crippen molar-refractivity contribution in [3.8, 4) is 0 Å². The molecular formula is C23H35NP2. The molecule has 0 bridgehead atoms. The number of anilines is 1. The van der Waals surface area contributed by atoms with Crippen molar-refractivity contribution in [3.05, 3.63) is 54.6 Å². The van der Waals surface area contributed by atoms with Crippen LogP contribution in [0.3, 0.4) is 0 Å². The molecule has 0 saturated carbocycles. The molecule has 3 heteroatoms. The van der Waals surface area contributed by atoms with Gasteiger partial charge >= 0.3 is 0 Å². The predicted octanol–water partition coefficient (Wildman–Crippen LogP) is 6.17. The van der Waals surface area contributed by atoms with Crippen LogP contribution in [0.15, 0.2) is 54.6 Å². The largest absolute Gasteiger partial charge is 0.399 e. The van der Waals surface area contributed by atoms with Gasteiger partial charge in [0.05, 0.1) is 0 Å². The third kappa shape index (κ3) is 6.07. The number of hydrogen-bond donors (Lipinski definition) is 1. The molecule has 0 aliphatic rings. The van der Waals surface area contributed by atoms with E-state index in [-0.39, 0.29) is 15.8 Å². The van der Waals surface area contributed by atoms with Crippen molar-refractivity contribution in [2.75, 3.05) is 18.1 Å². The highest BCUT2D eigenvalue weighted by atomic mass is 31.1. The topological polar surface area (TPSA) is 26.0 Å². The van der Waals surface area contributed by atoms with Gasteiger partial charge in [0.1, 0.15) is 0 Å². The van der Waals surface area contributed by atoms with E-state index in [0.29, 0.717) is 10.3 Å². The number of hydrogen-bond acceptors (Lipinski definition) is 1. The summed E-state index contributed by atoms with van der Waals surface area (Å²) in [6.45, 7) is 14.5. The van der Waals surface area contributed by atoms with Gasteiger partial charge in [-0.1, -0.05) is 91.9 Å². The van der Waals surface area contributed by atoms with Gasteiger partial charge in [-0.25, -0.2) is 0 Å². The number of nitrogen functional groups attached to an aromatic ring is 1. The fourth-order valence-electron chi connectivity index (χ4n) is 3.77. The van der Waals surface area contributed by atoms with Crippen molar-refractivity contribution in [1.82, 2.24) is 0 Å². The lowest BCUT2D eigenvalue weighted by Gasteiger charge is -2.42. The highest BCUT2D eigenvalue weighted by Gasteiger charge is 2.33. The molecule has 142 valence electrons. The number of rotatable bonds is 6. The lowest BCUT2D eigenvalue weighted by atomic mass is 10.2. The predicted molar refractivity (Wildman–Crippen MR) is 124 cm³/mol. The van der Waals surface area contributed by atoms with Gasteiger partial charge in [-0.05, 0) is 59.7 Å². The van der Waals surface area contributed by atoms with Crippen LogP contribution in [0.1, 0.15) is 48.0 Å². The Balaban J connectivity index is 2.18. The molecule has 0 amide bonds. The summed E-state index contributed by atoms with van der Waals surface area (Å²) in [7, 11) is -0.371. The molecule has 2 aromatic carbocycles. The molecule has 0 aromatic heterocycles. The molecule has 2 aromatic rings. The molecule has 0 radical (unpaired) electrons. The van der Waals surface area contributed by atoms with E-state index in [4.69, 9.17) is 5.73 Å². The Kier molecular flexibility index (Phi) is 7.29. The third-order valence-corrected chi connectivity index (χ3v) is 11.2. The lowest BCUT2D eigenvalue weighted by Crippen LogP contribution is -2.27. The van der Waals surface area contributed by atoms with Crippen LogP contribution >= 0.6 is 15.8 Å². The van der Waals surface area contributed by atoms with Crippen molar-refractivity contribution < 1.29 is 0 Å². The van der Waals surface area contributed by atoms with Crippen LogP contribution in [0, 0.1) is 0 Å². The smallest absolute Gasteiger partial charge is 0.0320 e. The van der Waals surface area contributed by atoms with Gasteiger partial charge in [-0.15, -0.1) is 0 Å². The summed E-state index contributed by atoms with van der Waals surface area (Å²) in [5.41, 5.74) is 6.95. The van der Waals surface area contributed by atoms with E-state index in [1.54, 1.807) is 0 Å². The maximum Gasteiger partial charge on any atom is 0.0320 e. The van der Waals surface area contributed by atoms with Crippen molar-refractivity contribution in [2.24, 2.45) is 0 Å². The van der Waals surface area contributed by atoms with E-state index in [1.807, 2.05) is 6.07 Å². The fraction of sp³-hybridized carbons (Fsp3) is 0.478. The normalized spacial score (nSPS) is 13.8. The first-order valence-corrected chi connectivity index (χ1v) is 12.6. The Bertz CT molecular complexity index is 669. The lowest BCUT2D eigenvalue weighted by molar-refractivity contribution is 0.701. The van der Waals surface area contributed by atoms with E-state index in [9.17, 15) is 0 Å². The molecule has 0 saturated heterocycles. The summed E-state index contributed by atoms with van der Waals surface area (Å²) in [5, 5.41) is 3.67. The van der Waals surface area contributed by atoms with Gasteiger partial charge in [0.15, 0.2) is 0 Å². The summed E-state index contributed by atoms with van der Waals surface area (Å²) < 4.78 is 0.